The van der Waals surface area contributed by atoms with Gasteiger partial charge in [0, 0.05) is 12.0 Å². The summed E-state index contributed by atoms with van der Waals surface area (Å²) < 4.78 is 1.96. The number of aromatic nitrogens is 2. The molecule has 3 nitrogen and oxygen atoms in total. The highest BCUT2D eigenvalue weighted by Gasteiger charge is 2.21. The fourth-order valence-electron chi connectivity index (χ4n) is 1.87. The first kappa shape index (κ1) is 13.1. The van der Waals surface area contributed by atoms with E-state index in [4.69, 9.17) is 0 Å². The summed E-state index contributed by atoms with van der Waals surface area (Å²) in [5.74, 6) is 1.20. The van der Waals surface area contributed by atoms with Gasteiger partial charge in [0.05, 0.1) is 5.69 Å². The minimum absolute atomic E-state index is 0.269. The molecular formula is C13H24N2O. The van der Waals surface area contributed by atoms with Crippen LogP contribution >= 0.6 is 0 Å². The first-order valence-corrected chi connectivity index (χ1v) is 6.14. The molecule has 0 aliphatic heterocycles. The van der Waals surface area contributed by atoms with Crippen molar-refractivity contribution in [2.45, 2.75) is 59.9 Å². The minimum atomic E-state index is 0.269. The first-order valence-electron chi connectivity index (χ1n) is 6.14. The van der Waals surface area contributed by atoms with Crippen LogP contribution < -0.4 is 0 Å². The van der Waals surface area contributed by atoms with Gasteiger partial charge in [0.2, 0.25) is 0 Å². The summed E-state index contributed by atoms with van der Waals surface area (Å²) in [7, 11) is 0. The van der Waals surface area contributed by atoms with Crippen molar-refractivity contribution >= 4 is 0 Å². The number of hydrogen-bond donors (Lipinski definition) is 1. The van der Waals surface area contributed by atoms with E-state index in [2.05, 4.69) is 46.6 Å². The maximum absolute atomic E-state index is 10.2. The van der Waals surface area contributed by atoms with E-state index in [0.717, 1.165) is 17.8 Å². The third-order valence-electron chi connectivity index (χ3n) is 2.65. The Bertz CT molecular complexity index is 351. The van der Waals surface area contributed by atoms with Gasteiger partial charge in [-0.25, -0.2) is 0 Å². The summed E-state index contributed by atoms with van der Waals surface area (Å²) in [6.45, 7) is 12.6. The second-order valence-electron chi connectivity index (χ2n) is 5.47. The molecule has 0 radical (unpaired) electrons. The van der Waals surface area contributed by atoms with Crippen molar-refractivity contribution in [2.24, 2.45) is 5.92 Å². The van der Waals surface area contributed by atoms with Gasteiger partial charge in [-0.05, 0) is 26.2 Å². The van der Waals surface area contributed by atoms with Crippen molar-refractivity contribution < 1.29 is 5.11 Å². The first-order chi connectivity index (χ1) is 7.34. The van der Waals surface area contributed by atoms with Crippen molar-refractivity contribution in [1.82, 2.24) is 9.78 Å². The molecule has 16 heavy (non-hydrogen) atoms. The van der Waals surface area contributed by atoms with Crippen LogP contribution in [0.4, 0.5) is 0 Å². The third-order valence-corrected chi connectivity index (χ3v) is 2.65. The lowest BCUT2D eigenvalue weighted by Gasteiger charge is -2.12. The summed E-state index contributed by atoms with van der Waals surface area (Å²) in [5.41, 5.74) is 1.80. The summed E-state index contributed by atoms with van der Waals surface area (Å²) in [6, 6.07) is 0.298. The third kappa shape index (κ3) is 2.57. The molecule has 0 spiro atoms. The van der Waals surface area contributed by atoms with E-state index in [-0.39, 0.29) is 5.92 Å². The SMILES string of the molecule is CC(C)Cc1c(O)c(C(C)C)nn1C(C)C. The normalized spacial score (nSPS) is 12.1. The number of aromatic hydroxyl groups is 1. The van der Waals surface area contributed by atoms with Gasteiger partial charge >= 0.3 is 0 Å². The molecule has 1 rings (SSSR count). The molecule has 0 aromatic carbocycles. The lowest BCUT2D eigenvalue weighted by Crippen LogP contribution is -2.09. The van der Waals surface area contributed by atoms with Crippen LogP contribution in [-0.4, -0.2) is 14.9 Å². The topological polar surface area (TPSA) is 38.1 Å². The molecule has 1 N–H and O–H groups in total. The summed E-state index contributed by atoms with van der Waals surface area (Å²) in [4.78, 5) is 0. The Hall–Kier alpha value is -0.990. The molecule has 0 unspecified atom stereocenters. The zero-order chi connectivity index (χ0) is 12.5. The molecule has 1 aromatic rings. The highest BCUT2D eigenvalue weighted by Crippen LogP contribution is 2.31. The molecule has 0 aliphatic carbocycles. The van der Waals surface area contributed by atoms with Crippen molar-refractivity contribution in [3.05, 3.63) is 11.4 Å². The standard InChI is InChI=1S/C13H24N2O/c1-8(2)7-11-13(16)12(9(3)4)14-15(11)10(5)6/h8-10,16H,7H2,1-6H3. The molecule has 0 saturated carbocycles. The van der Waals surface area contributed by atoms with E-state index in [1.54, 1.807) is 0 Å². The van der Waals surface area contributed by atoms with Crippen LogP contribution in [0.2, 0.25) is 0 Å². The molecule has 1 heterocycles. The fourth-order valence-corrected chi connectivity index (χ4v) is 1.87. The van der Waals surface area contributed by atoms with E-state index in [1.807, 2.05) is 4.68 Å². The predicted molar refractivity (Wildman–Crippen MR) is 66.9 cm³/mol. The van der Waals surface area contributed by atoms with Gasteiger partial charge in [0.15, 0.2) is 5.75 Å². The molecule has 0 fully saturated rings. The minimum Gasteiger partial charge on any atom is -0.504 e. The van der Waals surface area contributed by atoms with Crippen LogP contribution in [0.15, 0.2) is 0 Å². The molecule has 92 valence electrons. The molecule has 0 amide bonds. The average molecular weight is 224 g/mol. The summed E-state index contributed by atoms with van der Waals surface area (Å²) in [6.07, 6.45) is 0.879. The molecule has 3 heteroatoms. The number of rotatable bonds is 4. The maximum Gasteiger partial charge on any atom is 0.160 e. The van der Waals surface area contributed by atoms with Crippen molar-refractivity contribution in [2.75, 3.05) is 0 Å². The van der Waals surface area contributed by atoms with E-state index in [0.29, 0.717) is 17.7 Å². The van der Waals surface area contributed by atoms with Crippen LogP contribution in [0.1, 0.15) is 64.9 Å². The van der Waals surface area contributed by atoms with E-state index in [1.165, 1.54) is 0 Å². The number of hydrogen-bond acceptors (Lipinski definition) is 2. The fraction of sp³-hybridized carbons (Fsp3) is 0.769. The van der Waals surface area contributed by atoms with E-state index < -0.39 is 0 Å². The molecule has 0 atom stereocenters. The lowest BCUT2D eigenvalue weighted by molar-refractivity contribution is 0.439. The van der Waals surface area contributed by atoms with Crippen LogP contribution in [0.25, 0.3) is 0 Å². The monoisotopic (exact) mass is 224 g/mol. The highest BCUT2D eigenvalue weighted by atomic mass is 16.3. The van der Waals surface area contributed by atoms with Crippen molar-refractivity contribution in [1.29, 1.82) is 0 Å². The quantitative estimate of drug-likeness (QED) is 0.850. The van der Waals surface area contributed by atoms with Crippen molar-refractivity contribution in [3.8, 4) is 5.75 Å². The zero-order valence-electron chi connectivity index (χ0n) is 11.3. The second kappa shape index (κ2) is 4.89. The number of nitrogens with zero attached hydrogens (tertiary/aromatic N) is 2. The van der Waals surface area contributed by atoms with Gasteiger partial charge in [0.25, 0.3) is 0 Å². The van der Waals surface area contributed by atoms with Gasteiger partial charge in [-0.2, -0.15) is 5.10 Å². The van der Waals surface area contributed by atoms with Crippen molar-refractivity contribution in [3.63, 3.8) is 0 Å². The molecule has 1 aromatic heterocycles. The Morgan fingerprint density at radius 2 is 1.69 bits per heavy atom. The Morgan fingerprint density at radius 1 is 1.12 bits per heavy atom. The van der Waals surface area contributed by atoms with Gasteiger partial charge in [-0.3, -0.25) is 4.68 Å². The molecule has 0 bridgehead atoms. The average Bonchev–Trinajstić information content (AvgIpc) is 2.43. The van der Waals surface area contributed by atoms with E-state index >= 15 is 0 Å². The zero-order valence-corrected chi connectivity index (χ0v) is 11.3. The van der Waals surface area contributed by atoms with Crippen LogP contribution in [0.3, 0.4) is 0 Å². The lowest BCUT2D eigenvalue weighted by atomic mass is 10.0. The second-order valence-corrected chi connectivity index (χ2v) is 5.47. The molecular weight excluding hydrogens is 200 g/mol. The van der Waals surface area contributed by atoms with Gasteiger partial charge < -0.3 is 5.11 Å². The summed E-state index contributed by atoms with van der Waals surface area (Å²) in [5, 5.41) is 14.7. The van der Waals surface area contributed by atoms with Gasteiger partial charge in [-0.1, -0.05) is 27.7 Å². The summed E-state index contributed by atoms with van der Waals surface area (Å²) >= 11 is 0. The Morgan fingerprint density at radius 3 is 2.06 bits per heavy atom. The maximum atomic E-state index is 10.2. The van der Waals surface area contributed by atoms with Gasteiger partial charge in [0.1, 0.15) is 5.69 Å². The largest absolute Gasteiger partial charge is 0.504 e. The van der Waals surface area contributed by atoms with Crippen LogP contribution in [0, 0.1) is 5.92 Å². The molecule has 0 saturated heterocycles. The molecule has 0 aliphatic rings. The Labute approximate surface area is 98.5 Å². The smallest absolute Gasteiger partial charge is 0.160 e. The Balaban J connectivity index is 3.20. The highest BCUT2D eigenvalue weighted by molar-refractivity contribution is 5.34. The van der Waals surface area contributed by atoms with E-state index in [9.17, 15) is 5.11 Å². The Kier molecular flexibility index (Phi) is 4.00. The predicted octanol–water partition coefficient (Wildman–Crippen LogP) is 3.49. The van der Waals surface area contributed by atoms with Crippen LogP contribution in [-0.2, 0) is 6.42 Å². The van der Waals surface area contributed by atoms with Crippen LogP contribution in [0.5, 0.6) is 5.75 Å². The van der Waals surface area contributed by atoms with Gasteiger partial charge in [-0.15, -0.1) is 0 Å².